The van der Waals surface area contributed by atoms with Crippen LogP contribution in [0.5, 0.6) is 5.75 Å². The highest BCUT2D eigenvalue weighted by atomic mass is 79.9. The first kappa shape index (κ1) is 13.1. The Morgan fingerprint density at radius 1 is 1.50 bits per heavy atom. The summed E-state index contributed by atoms with van der Waals surface area (Å²) in [6.07, 6.45) is 5.36. The summed E-state index contributed by atoms with van der Waals surface area (Å²) in [5, 5.41) is 3.16. The molecule has 0 aliphatic rings. The minimum atomic E-state index is 0.174. The Morgan fingerprint density at radius 3 is 2.88 bits per heavy atom. The molecule has 2 nitrogen and oxygen atoms in total. The lowest BCUT2D eigenvalue weighted by Gasteiger charge is -2.14. The van der Waals surface area contributed by atoms with E-state index in [0.717, 1.165) is 15.8 Å². The largest absolute Gasteiger partial charge is 0.491 e. The Kier molecular flexibility index (Phi) is 5.37. The van der Waals surface area contributed by atoms with Gasteiger partial charge in [-0.1, -0.05) is 21.9 Å². The fourth-order valence-electron chi connectivity index (χ4n) is 1.32. The third-order valence-electron chi connectivity index (χ3n) is 1.93. The molecule has 3 heteroatoms. The number of benzene rings is 1. The van der Waals surface area contributed by atoms with Crippen molar-refractivity contribution in [2.75, 3.05) is 6.54 Å². The molecule has 16 heavy (non-hydrogen) atoms. The van der Waals surface area contributed by atoms with Crippen LogP contribution in [0.3, 0.4) is 0 Å². The zero-order valence-electron chi connectivity index (χ0n) is 9.59. The van der Waals surface area contributed by atoms with Crippen LogP contribution in [0.1, 0.15) is 19.4 Å². The summed E-state index contributed by atoms with van der Waals surface area (Å²) >= 11 is 3.45. The second-order valence-electron chi connectivity index (χ2n) is 3.73. The van der Waals surface area contributed by atoms with E-state index in [1.807, 2.05) is 32.0 Å². The van der Waals surface area contributed by atoms with Crippen molar-refractivity contribution in [3.63, 3.8) is 0 Å². The number of hydrogen-bond donors (Lipinski definition) is 1. The summed E-state index contributed by atoms with van der Waals surface area (Å²) in [5.74, 6) is 3.45. The SMILES string of the molecule is C#CCNCc1cc(Br)ccc1OC(C)C. The average molecular weight is 282 g/mol. The standard InChI is InChI=1S/C13H16BrNO/c1-4-7-15-9-11-8-12(14)5-6-13(11)16-10(2)3/h1,5-6,8,10,15H,7,9H2,2-3H3. The molecule has 0 saturated carbocycles. The molecule has 0 aliphatic heterocycles. The van der Waals surface area contributed by atoms with E-state index >= 15 is 0 Å². The molecule has 0 atom stereocenters. The number of terminal acetylenes is 1. The zero-order chi connectivity index (χ0) is 12.0. The average Bonchev–Trinajstić information content (AvgIpc) is 2.22. The maximum absolute atomic E-state index is 5.72. The van der Waals surface area contributed by atoms with E-state index in [2.05, 4.69) is 27.2 Å². The lowest BCUT2D eigenvalue weighted by Crippen LogP contribution is -2.15. The number of nitrogens with one attached hydrogen (secondary N) is 1. The predicted octanol–water partition coefficient (Wildman–Crippen LogP) is 2.96. The predicted molar refractivity (Wildman–Crippen MR) is 70.4 cm³/mol. The molecule has 86 valence electrons. The Hall–Kier alpha value is -0.980. The van der Waals surface area contributed by atoms with Crippen molar-refractivity contribution in [1.29, 1.82) is 0 Å². The summed E-state index contributed by atoms with van der Waals surface area (Å²) in [5.41, 5.74) is 1.11. The van der Waals surface area contributed by atoms with Crippen LogP contribution in [0.4, 0.5) is 0 Å². The van der Waals surface area contributed by atoms with Crippen LogP contribution in [0, 0.1) is 12.3 Å². The van der Waals surface area contributed by atoms with Gasteiger partial charge in [0.1, 0.15) is 5.75 Å². The second kappa shape index (κ2) is 6.57. The lowest BCUT2D eigenvalue weighted by atomic mass is 10.2. The summed E-state index contributed by atoms with van der Waals surface area (Å²) in [6.45, 7) is 5.31. The van der Waals surface area contributed by atoms with E-state index in [-0.39, 0.29) is 6.10 Å². The molecular weight excluding hydrogens is 266 g/mol. The smallest absolute Gasteiger partial charge is 0.124 e. The van der Waals surface area contributed by atoms with Gasteiger partial charge >= 0.3 is 0 Å². The van der Waals surface area contributed by atoms with Gasteiger partial charge < -0.3 is 10.1 Å². The van der Waals surface area contributed by atoms with Gasteiger partial charge in [-0.25, -0.2) is 0 Å². The van der Waals surface area contributed by atoms with E-state index < -0.39 is 0 Å². The van der Waals surface area contributed by atoms with E-state index in [1.54, 1.807) is 0 Å². The number of hydrogen-bond acceptors (Lipinski definition) is 2. The lowest BCUT2D eigenvalue weighted by molar-refractivity contribution is 0.239. The first-order chi connectivity index (χ1) is 7.63. The van der Waals surface area contributed by atoms with Crippen molar-refractivity contribution in [1.82, 2.24) is 5.32 Å². The van der Waals surface area contributed by atoms with Gasteiger partial charge in [0.15, 0.2) is 0 Å². The molecule has 0 aliphatic carbocycles. The van der Waals surface area contributed by atoms with E-state index in [9.17, 15) is 0 Å². The van der Waals surface area contributed by atoms with Crippen LogP contribution in [-0.2, 0) is 6.54 Å². The fraction of sp³-hybridized carbons (Fsp3) is 0.385. The van der Waals surface area contributed by atoms with Crippen molar-refractivity contribution >= 4 is 15.9 Å². The molecule has 0 unspecified atom stereocenters. The van der Waals surface area contributed by atoms with Crippen molar-refractivity contribution < 1.29 is 4.74 Å². The van der Waals surface area contributed by atoms with E-state index in [0.29, 0.717) is 13.1 Å². The van der Waals surface area contributed by atoms with Crippen molar-refractivity contribution in [3.8, 4) is 18.1 Å². The molecule has 0 bridgehead atoms. The Balaban J connectivity index is 2.77. The first-order valence-corrected chi connectivity index (χ1v) is 6.02. The van der Waals surface area contributed by atoms with Gasteiger partial charge in [-0.2, -0.15) is 0 Å². The van der Waals surface area contributed by atoms with Crippen LogP contribution in [0.2, 0.25) is 0 Å². The maximum Gasteiger partial charge on any atom is 0.124 e. The summed E-state index contributed by atoms with van der Waals surface area (Å²) in [4.78, 5) is 0. The molecule has 0 saturated heterocycles. The van der Waals surface area contributed by atoms with E-state index in [4.69, 9.17) is 11.2 Å². The quantitative estimate of drug-likeness (QED) is 0.662. The van der Waals surface area contributed by atoms with Crippen LogP contribution in [0.25, 0.3) is 0 Å². The third-order valence-corrected chi connectivity index (χ3v) is 2.42. The molecule has 0 aromatic heterocycles. The highest BCUT2D eigenvalue weighted by Gasteiger charge is 2.05. The summed E-state index contributed by atoms with van der Waals surface area (Å²) < 4.78 is 6.76. The molecular formula is C13H16BrNO. The van der Waals surface area contributed by atoms with Crippen LogP contribution < -0.4 is 10.1 Å². The van der Waals surface area contributed by atoms with Crippen molar-refractivity contribution in [2.24, 2.45) is 0 Å². The molecule has 1 N–H and O–H groups in total. The number of ether oxygens (including phenoxy) is 1. The monoisotopic (exact) mass is 281 g/mol. The van der Waals surface area contributed by atoms with Crippen molar-refractivity contribution in [3.05, 3.63) is 28.2 Å². The Labute approximate surface area is 106 Å². The maximum atomic E-state index is 5.72. The minimum absolute atomic E-state index is 0.174. The zero-order valence-corrected chi connectivity index (χ0v) is 11.2. The highest BCUT2D eigenvalue weighted by molar-refractivity contribution is 9.10. The van der Waals surface area contributed by atoms with Crippen molar-refractivity contribution in [2.45, 2.75) is 26.5 Å². The number of rotatable bonds is 5. The van der Waals surface area contributed by atoms with Gasteiger partial charge in [-0.3, -0.25) is 0 Å². The molecule has 1 rings (SSSR count). The molecule has 1 aromatic rings. The van der Waals surface area contributed by atoms with Gasteiger partial charge in [-0.05, 0) is 32.0 Å². The van der Waals surface area contributed by atoms with Gasteiger partial charge in [0, 0.05) is 16.6 Å². The number of halogens is 1. The van der Waals surface area contributed by atoms with E-state index in [1.165, 1.54) is 0 Å². The topological polar surface area (TPSA) is 21.3 Å². The van der Waals surface area contributed by atoms with Gasteiger partial charge in [-0.15, -0.1) is 6.42 Å². The van der Waals surface area contributed by atoms with Crippen LogP contribution >= 0.6 is 15.9 Å². The molecule has 0 fully saturated rings. The first-order valence-electron chi connectivity index (χ1n) is 5.22. The molecule has 0 radical (unpaired) electrons. The summed E-state index contributed by atoms with van der Waals surface area (Å²) in [6, 6.07) is 5.99. The Morgan fingerprint density at radius 2 is 2.25 bits per heavy atom. The highest BCUT2D eigenvalue weighted by Crippen LogP contribution is 2.24. The molecule has 0 amide bonds. The fourth-order valence-corrected chi connectivity index (χ4v) is 1.73. The molecule has 0 spiro atoms. The normalized spacial score (nSPS) is 10.2. The van der Waals surface area contributed by atoms with Gasteiger partial charge in [0.05, 0.1) is 12.6 Å². The molecule has 1 aromatic carbocycles. The molecule has 0 heterocycles. The summed E-state index contributed by atoms with van der Waals surface area (Å²) in [7, 11) is 0. The third kappa shape index (κ3) is 4.26. The second-order valence-corrected chi connectivity index (χ2v) is 4.64. The van der Waals surface area contributed by atoms with Gasteiger partial charge in [0.25, 0.3) is 0 Å². The van der Waals surface area contributed by atoms with Crippen LogP contribution in [0.15, 0.2) is 22.7 Å². The van der Waals surface area contributed by atoms with Gasteiger partial charge in [0.2, 0.25) is 0 Å². The minimum Gasteiger partial charge on any atom is -0.491 e. The van der Waals surface area contributed by atoms with Crippen LogP contribution in [-0.4, -0.2) is 12.6 Å². The Bertz CT molecular complexity index is 382.